The molecule has 27 heavy (non-hydrogen) atoms. The monoisotopic (exact) mass is 473 g/mol. The van der Waals surface area contributed by atoms with Gasteiger partial charge in [-0.25, -0.2) is 0 Å². The van der Waals surface area contributed by atoms with Crippen LogP contribution in [0.3, 0.4) is 0 Å². The van der Waals surface area contributed by atoms with E-state index >= 15 is 0 Å². The molecule has 0 spiro atoms. The van der Waals surface area contributed by atoms with E-state index in [0.29, 0.717) is 17.9 Å². The Hall–Kier alpha value is -2.54. The highest BCUT2D eigenvalue weighted by atomic mass is 127. The Kier molecular flexibility index (Phi) is 6.34. The van der Waals surface area contributed by atoms with Gasteiger partial charge in [-0.05, 0) is 84.1 Å². The van der Waals surface area contributed by atoms with Crippen molar-refractivity contribution in [2.75, 3.05) is 12.4 Å². The third-order valence-electron chi connectivity index (χ3n) is 4.06. The van der Waals surface area contributed by atoms with Crippen LogP contribution < -0.4 is 14.8 Å². The second-order valence-electron chi connectivity index (χ2n) is 6.09. The van der Waals surface area contributed by atoms with Crippen LogP contribution in [0.1, 0.15) is 21.5 Å². The molecule has 0 radical (unpaired) electrons. The number of benzene rings is 3. The van der Waals surface area contributed by atoms with Crippen molar-refractivity contribution in [3.63, 3.8) is 0 Å². The zero-order valence-electron chi connectivity index (χ0n) is 15.2. The first-order valence-electron chi connectivity index (χ1n) is 8.48. The quantitative estimate of drug-likeness (QED) is 0.486. The van der Waals surface area contributed by atoms with Gasteiger partial charge in [-0.3, -0.25) is 4.79 Å². The molecule has 0 atom stereocenters. The van der Waals surface area contributed by atoms with E-state index in [1.54, 1.807) is 25.3 Å². The Morgan fingerprint density at radius 1 is 1.00 bits per heavy atom. The fraction of sp³-hybridized carbons (Fsp3) is 0.136. The lowest BCUT2D eigenvalue weighted by atomic mass is 10.1. The molecule has 0 aromatic heterocycles. The molecule has 1 N–H and O–H groups in total. The van der Waals surface area contributed by atoms with Gasteiger partial charge >= 0.3 is 0 Å². The third-order valence-corrected chi connectivity index (χ3v) is 4.78. The topological polar surface area (TPSA) is 47.6 Å². The third kappa shape index (κ3) is 5.23. The van der Waals surface area contributed by atoms with E-state index in [1.165, 1.54) is 5.56 Å². The second-order valence-corrected chi connectivity index (χ2v) is 7.34. The number of aryl methyl sites for hydroxylation is 1. The van der Waals surface area contributed by atoms with Crippen molar-refractivity contribution in [1.82, 2.24) is 0 Å². The maximum atomic E-state index is 12.6. The Bertz CT molecular complexity index is 921. The number of nitrogens with one attached hydrogen (secondary N) is 1. The van der Waals surface area contributed by atoms with Gasteiger partial charge in [0, 0.05) is 20.4 Å². The number of halogens is 1. The maximum absolute atomic E-state index is 12.6. The Labute approximate surface area is 172 Å². The molecule has 4 nitrogen and oxygen atoms in total. The van der Waals surface area contributed by atoms with Gasteiger partial charge in [0.25, 0.3) is 5.91 Å². The van der Waals surface area contributed by atoms with Crippen molar-refractivity contribution in [2.45, 2.75) is 13.5 Å². The predicted octanol–water partition coefficient (Wildman–Crippen LogP) is 5.44. The number of methoxy groups -OCH3 is 1. The summed E-state index contributed by atoms with van der Waals surface area (Å²) in [5.41, 5.74) is 3.30. The van der Waals surface area contributed by atoms with Crippen LogP contribution in [0.15, 0.2) is 66.7 Å². The van der Waals surface area contributed by atoms with Crippen molar-refractivity contribution in [1.29, 1.82) is 0 Å². The van der Waals surface area contributed by atoms with Gasteiger partial charge in [0.2, 0.25) is 0 Å². The van der Waals surface area contributed by atoms with E-state index in [4.69, 9.17) is 9.47 Å². The van der Waals surface area contributed by atoms with Crippen LogP contribution >= 0.6 is 22.6 Å². The summed E-state index contributed by atoms with van der Waals surface area (Å²) in [6.45, 7) is 2.35. The highest BCUT2D eigenvalue weighted by Gasteiger charge is 2.11. The molecule has 0 heterocycles. The van der Waals surface area contributed by atoms with Gasteiger partial charge in [-0.1, -0.05) is 17.7 Å². The number of hydrogen-bond donors (Lipinski definition) is 1. The predicted molar refractivity (Wildman–Crippen MR) is 116 cm³/mol. The number of hydrogen-bond acceptors (Lipinski definition) is 3. The molecule has 3 aromatic carbocycles. The SMILES string of the molecule is COc1ccc(C(=O)Nc2ccc(I)cc2)cc1COc1ccc(C)cc1. The summed E-state index contributed by atoms with van der Waals surface area (Å²) >= 11 is 2.23. The zero-order chi connectivity index (χ0) is 19.2. The summed E-state index contributed by atoms with van der Waals surface area (Å²) in [6, 6.07) is 20.8. The van der Waals surface area contributed by atoms with Gasteiger partial charge < -0.3 is 14.8 Å². The van der Waals surface area contributed by atoms with Crippen molar-refractivity contribution in [3.05, 3.63) is 87.0 Å². The number of amides is 1. The molecule has 3 rings (SSSR count). The summed E-state index contributed by atoms with van der Waals surface area (Å²) in [6.07, 6.45) is 0. The van der Waals surface area contributed by atoms with E-state index in [2.05, 4.69) is 27.9 Å². The highest BCUT2D eigenvalue weighted by Crippen LogP contribution is 2.23. The van der Waals surface area contributed by atoms with Crippen LogP contribution in [0.4, 0.5) is 5.69 Å². The minimum absolute atomic E-state index is 0.171. The standard InChI is InChI=1S/C22H20INO3/c1-15-3-10-20(11-4-15)27-14-17-13-16(5-12-21(17)26-2)22(25)24-19-8-6-18(23)7-9-19/h3-13H,14H2,1-2H3,(H,24,25). The molecule has 0 aliphatic heterocycles. The fourth-order valence-electron chi connectivity index (χ4n) is 2.56. The molecule has 0 saturated heterocycles. The van der Waals surface area contributed by atoms with Gasteiger partial charge in [-0.15, -0.1) is 0 Å². The van der Waals surface area contributed by atoms with E-state index in [-0.39, 0.29) is 5.91 Å². The van der Waals surface area contributed by atoms with Gasteiger partial charge in [0.15, 0.2) is 0 Å². The molecule has 0 aliphatic rings. The van der Waals surface area contributed by atoms with Crippen molar-refractivity contribution in [2.24, 2.45) is 0 Å². The van der Waals surface area contributed by atoms with Gasteiger partial charge in [-0.2, -0.15) is 0 Å². The molecule has 0 unspecified atom stereocenters. The molecule has 0 aliphatic carbocycles. The van der Waals surface area contributed by atoms with Crippen LogP contribution in [-0.4, -0.2) is 13.0 Å². The van der Waals surface area contributed by atoms with Crippen LogP contribution in [0.25, 0.3) is 0 Å². The number of carbonyl (C=O) groups excluding carboxylic acids is 1. The first-order chi connectivity index (χ1) is 13.0. The molecule has 1 amide bonds. The number of rotatable bonds is 6. The summed E-state index contributed by atoms with van der Waals surface area (Å²) in [5.74, 6) is 1.29. The first-order valence-corrected chi connectivity index (χ1v) is 9.56. The highest BCUT2D eigenvalue weighted by molar-refractivity contribution is 14.1. The van der Waals surface area contributed by atoms with Crippen molar-refractivity contribution >= 4 is 34.2 Å². The molecule has 138 valence electrons. The summed E-state index contributed by atoms with van der Waals surface area (Å²) in [4.78, 5) is 12.6. The van der Waals surface area contributed by atoms with Crippen LogP contribution in [0.5, 0.6) is 11.5 Å². The van der Waals surface area contributed by atoms with Gasteiger partial charge in [0.05, 0.1) is 7.11 Å². The van der Waals surface area contributed by atoms with Crippen LogP contribution in [0, 0.1) is 10.5 Å². The minimum Gasteiger partial charge on any atom is -0.496 e. The molecular formula is C22H20INO3. The maximum Gasteiger partial charge on any atom is 0.255 e. The Morgan fingerprint density at radius 2 is 1.70 bits per heavy atom. The Morgan fingerprint density at radius 3 is 2.37 bits per heavy atom. The average Bonchev–Trinajstić information content (AvgIpc) is 2.69. The normalized spacial score (nSPS) is 10.3. The average molecular weight is 473 g/mol. The summed E-state index contributed by atoms with van der Waals surface area (Å²) in [7, 11) is 1.61. The fourth-order valence-corrected chi connectivity index (χ4v) is 2.92. The largest absolute Gasteiger partial charge is 0.496 e. The van der Waals surface area contributed by atoms with Crippen molar-refractivity contribution in [3.8, 4) is 11.5 Å². The smallest absolute Gasteiger partial charge is 0.255 e. The molecular weight excluding hydrogens is 453 g/mol. The summed E-state index contributed by atoms with van der Waals surface area (Å²) in [5, 5.41) is 2.91. The Balaban J connectivity index is 1.74. The van der Waals surface area contributed by atoms with Crippen molar-refractivity contribution < 1.29 is 14.3 Å². The van der Waals surface area contributed by atoms with Crippen LogP contribution in [-0.2, 0) is 6.61 Å². The van der Waals surface area contributed by atoms with E-state index in [1.807, 2.05) is 55.5 Å². The lowest BCUT2D eigenvalue weighted by Gasteiger charge is -2.12. The molecule has 5 heteroatoms. The van der Waals surface area contributed by atoms with E-state index < -0.39 is 0 Å². The second kappa shape index (κ2) is 8.90. The molecule has 0 fully saturated rings. The zero-order valence-corrected chi connectivity index (χ0v) is 17.3. The first kappa shape index (κ1) is 19.2. The van der Waals surface area contributed by atoms with Crippen LogP contribution in [0.2, 0.25) is 0 Å². The molecule has 0 bridgehead atoms. The lowest BCUT2D eigenvalue weighted by Crippen LogP contribution is -2.12. The van der Waals surface area contributed by atoms with E-state index in [9.17, 15) is 4.79 Å². The van der Waals surface area contributed by atoms with E-state index in [0.717, 1.165) is 20.6 Å². The number of ether oxygens (including phenoxy) is 2. The lowest BCUT2D eigenvalue weighted by molar-refractivity contribution is 0.102. The van der Waals surface area contributed by atoms with Gasteiger partial charge in [0.1, 0.15) is 18.1 Å². The number of anilines is 1. The summed E-state index contributed by atoms with van der Waals surface area (Å²) < 4.78 is 12.4. The number of carbonyl (C=O) groups is 1. The molecule has 3 aromatic rings. The molecule has 0 saturated carbocycles. The minimum atomic E-state index is -0.171.